The van der Waals surface area contributed by atoms with E-state index in [9.17, 15) is 4.39 Å². The molecule has 3 nitrogen and oxygen atoms in total. The molecule has 20 heavy (non-hydrogen) atoms. The average molecular weight is 311 g/mol. The third-order valence-electron chi connectivity index (χ3n) is 2.49. The summed E-state index contributed by atoms with van der Waals surface area (Å²) in [6.45, 7) is 0.0375. The van der Waals surface area contributed by atoms with Crippen molar-refractivity contribution in [2.45, 2.75) is 6.61 Å². The number of hydrogen-bond donors (Lipinski definition) is 1. The highest BCUT2D eigenvalue weighted by Gasteiger charge is 2.10. The fourth-order valence-electron chi connectivity index (χ4n) is 1.67. The predicted octanol–water partition coefficient (Wildman–Crippen LogP) is 4.17. The Bertz CT molecular complexity index is 675. The number of nitrogen functional groups attached to an aromatic ring is 1. The molecule has 0 aliphatic heterocycles. The van der Waals surface area contributed by atoms with Crippen LogP contribution in [0.2, 0.25) is 10.0 Å². The number of nitrogens with two attached hydrogens (primary N) is 1. The van der Waals surface area contributed by atoms with Gasteiger partial charge >= 0.3 is 0 Å². The standard InChI is InChI=1S/C14H9Cl2FN2O/c15-12-4-11(19)5-13(16)14(12)20-7-9-1-8(6-18)2-10(17)3-9/h1-5H,7,19H2. The molecule has 6 heteroatoms. The SMILES string of the molecule is N#Cc1cc(F)cc(COc2c(Cl)cc(N)cc2Cl)c1. The number of anilines is 1. The zero-order valence-corrected chi connectivity index (χ0v) is 11.7. The molecule has 0 aromatic heterocycles. The van der Waals surface area contributed by atoms with Crippen LogP contribution in [0.1, 0.15) is 11.1 Å². The second kappa shape index (κ2) is 6.00. The minimum Gasteiger partial charge on any atom is -0.486 e. The summed E-state index contributed by atoms with van der Waals surface area (Å²) >= 11 is 11.9. The van der Waals surface area contributed by atoms with Crippen LogP contribution in [0, 0.1) is 17.1 Å². The van der Waals surface area contributed by atoms with Gasteiger partial charge in [-0.15, -0.1) is 0 Å². The van der Waals surface area contributed by atoms with Gasteiger partial charge in [0.05, 0.1) is 21.7 Å². The third kappa shape index (κ3) is 3.32. The fraction of sp³-hybridized carbons (Fsp3) is 0.0714. The minimum atomic E-state index is -0.503. The van der Waals surface area contributed by atoms with Gasteiger partial charge in [0, 0.05) is 5.69 Å². The number of halogens is 3. The van der Waals surface area contributed by atoms with Crippen LogP contribution in [-0.4, -0.2) is 0 Å². The van der Waals surface area contributed by atoms with E-state index in [0.29, 0.717) is 11.3 Å². The Labute approximate surface area is 125 Å². The molecule has 0 saturated carbocycles. The summed E-state index contributed by atoms with van der Waals surface area (Å²) in [7, 11) is 0. The quantitative estimate of drug-likeness (QED) is 0.866. The van der Waals surface area contributed by atoms with Crippen molar-refractivity contribution < 1.29 is 9.13 Å². The molecule has 0 radical (unpaired) electrons. The molecule has 102 valence electrons. The maximum atomic E-state index is 13.3. The van der Waals surface area contributed by atoms with Gasteiger partial charge in [-0.2, -0.15) is 5.26 Å². The van der Waals surface area contributed by atoms with Crippen molar-refractivity contribution in [2.75, 3.05) is 5.73 Å². The first-order valence-corrected chi connectivity index (χ1v) is 6.32. The molecule has 0 saturated heterocycles. The van der Waals surface area contributed by atoms with Gasteiger partial charge in [0.2, 0.25) is 0 Å². The Morgan fingerprint density at radius 2 is 1.80 bits per heavy atom. The molecule has 2 aromatic carbocycles. The molecule has 0 bridgehead atoms. The molecular weight excluding hydrogens is 302 g/mol. The maximum Gasteiger partial charge on any atom is 0.157 e. The summed E-state index contributed by atoms with van der Waals surface area (Å²) in [6.07, 6.45) is 0. The highest BCUT2D eigenvalue weighted by atomic mass is 35.5. The summed E-state index contributed by atoms with van der Waals surface area (Å²) in [5, 5.41) is 9.32. The molecule has 2 N–H and O–H groups in total. The summed E-state index contributed by atoms with van der Waals surface area (Å²) in [6, 6.07) is 8.84. The first kappa shape index (κ1) is 14.4. The fourth-order valence-corrected chi connectivity index (χ4v) is 2.28. The molecule has 0 amide bonds. The monoisotopic (exact) mass is 310 g/mol. The van der Waals surface area contributed by atoms with Crippen LogP contribution in [-0.2, 0) is 6.61 Å². The van der Waals surface area contributed by atoms with Crippen molar-refractivity contribution in [1.82, 2.24) is 0 Å². The number of nitriles is 1. The van der Waals surface area contributed by atoms with Crippen LogP contribution in [0.4, 0.5) is 10.1 Å². The van der Waals surface area contributed by atoms with E-state index in [-0.39, 0.29) is 28.0 Å². The minimum absolute atomic E-state index is 0.0375. The van der Waals surface area contributed by atoms with E-state index in [0.717, 1.165) is 6.07 Å². The molecule has 0 heterocycles. The first-order valence-electron chi connectivity index (χ1n) is 5.56. The lowest BCUT2D eigenvalue weighted by molar-refractivity contribution is 0.306. The molecule has 0 unspecified atom stereocenters. The van der Waals surface area contributed by atoms with Crippen LogP contribution in [0.5, 0.6) is 5.75 Å². The van der Waals surface area contributed by atoms with Gasteiger partial charge in [0.25, 0.3) is 0 Å². The zero-order chi connectivity index (χ0) is 14.7. The Morgan fingerprint density at radius 1 is 1.15 bits per heavy atom. The average Bonchev–Trinajstić information content (AvgIpc) is 2.36. The second-order valence-corrected chi connectivity index (χ2v) is 4.88. The second-order valence-electron chi connectivity index (χ2n) is 4.06. The van der Waals surface area contributed by atoms with E-state index >= 15 is 0 Å². The normalized spacial score (nSPS) is 10.1. The Morgan fingerprint density at radius 3 is 2.40 bits per heavy atom. The smallest absolute Gasteiger partial charge is 0.157 e. The van der Waals surface area contributed by atoms with Crippen LogP contribution < -0.4 is 10.5 Å². The van der Waals surface area contributed by atoms with Crippen molar-refractivity contribution in [2.24, 2.45) is 0 Å². The summed E-state index contributed by atoms with van der Waals surface area (Å²) in [5.41, 5.74) is 6.73. The van der Waals surface area contributed by atoms with Crippen LogP contribution >= 0.6 is 23.2 Å². The number of nitrogens with zero attached hydrogens (tertiary/aromatic N) is 1. The van der Waals surface area contributed by atoms with Gasteiger partial charge in [0.15, 0.2) is 5.75 Å². The van der Waals surface area contributed by atoms with Gasteiger partial charge in [-0.05, 0) is 35.9 Å². The van der Waals surface area contributed by atoms with Gasteiger partial charge in [-0.25, -0.2) is 4.39 Å². The summed E-state index contributed by atoms with van der Waals surface area (Å²) < 4.78 is 18.7. The molecule has 0 spiro atoms. The number of benzene rings is 2. The number of ether oxygens (including phenoxy) is 1. The molecule has 2 aromatic rings. The lowest BCUT2D eigenvalue weighted by Gasteiger charge is -2.11. The molecule has 0 fully saturated rings. The van der Waals surface area contributed by atoms with Crippen LogP contribution in [0.15, 0.2) is 30.3 Å². The highest BCUT2D eigenvalue weighted by Crippen LogP contribution is 2.35. The van der Waals surface area contributed by atoms with Crippen LogP contribution in [0.25, 0.3) is 0 Å². The van der Waals surface area contributed by atoms with E-state index in [1.807, 2.05) is 6.07 Å². The van der Waals surface area contributed by atoms with E-state index in [2.05, 4.69) is 0 Å². The van der Waals surface area contributed by atoms with Crippen molar-refractivity contribution in [3.63, 3.8) is 0 Å². The molecular formula is C14H9Cl2FN2O. The van der Waals surface area contributed by atoms with Crippen molar-refractivity contribution in [3.8, 4) is 11.8 Å². The highest BCUT2D eigenvalue weighted by molar-refractivity contribution is 6.37. The lowest BCUT2D eigenvalue weighted by Crippen LogP contribution is -1.99. The Balaban J connectivity index is 2.21. The largest absolute Gasteiger partial charge is 0.486 e. The summed E-state index contributed by atoms with van der Waals surface area (Å²) in [4.78, 5) is 0. The summed E-state index contributed by atoms with van der Waals surface area (Å²) in [5.74, 6) is -0.234. The topological polar surface area (TPSA) is 59.0 Å². The van der Waals surface area contributed by atoms with Crippen molar-refractivity contribution in [1.29, 1.82) is 5.26 Å². The number of rotatable bonds is 3. The number of hydrogen-bond acceptors (Lipinski definition) is 3. The first-order chi connectivity index (χ1) is 9.49. The van der Waals surface area contributed by atoms with Gasteiger partial charge in [-0.3, -0.25) is 0 Å². The molecule has 2 rings (SSSR count). The van der Waals surface area contributed by atoms with Gasteiger partial charge in [0.1, 0.15) is 12.4 Å². The van der Waals surface area contributed by atoms with E-state index in [1.165, 1.54) is 24.3 Å². The Hall–Kier alpha value is -1.96. The van der Waals surface area contributed by atoms with Gasteiger partial charge < -0.3 is 10.5 Å². The molecule has 0 atom stereocenters. The van der Waals surface area contributed by atoms with Crippen molar-refractivity contribution >= 4 is 28.9 Å². The zero-order valence-electron chi connectivity index (χ0n) is 10.2. The Kier molecular flexibility index (Phi) is 4.33. The van der Waals surface area contributed by atoms with E-state index in [1.54, 1.807) is 0 Å². The van der Waals surface area contributed by atoms with E-state index < -0.39 is 5.82 Å². The lowest BCUT2D eigenvalue weighted by atomic mass is 10.1. The third-order valence-corrected chi connectivity index (χ3v) is 3.05. The van der Waals surface area contributed by atoms with E-state index in [4.69, 9.17) is 38.9 Å². The molecule has 0 aliphatic rings. The molecule has 0 aliphatic carbocycles. The van der Waals surface area contributed by atoms with Crippen molar-refractivity contribution in [3.05, 3.63) is 57.3 Å². The van der Waals surface area contributed by atoms with Gasteiger partial charge in [-0.1, -0.05) is 23.2 Å². The maximum absolute atomic E-state index is 13.3. The van der Waals surface area contributed by atoms with Crippen LogP contribution in [0.3, 0.4) is 0 Å². The predicted molar refractivity (Wildman–Crippen MR) is 76.3 cm³/mol.